The van der Waals surface area contributed by atoms with Crippen LogP contribution in [0.4, 0.5) is 0 Å². The molecule has 0 aliphatic carbocycles. The monoisotopic (exact) mass is 327 g/mol. The van der Waals surface area contributed by atoms with E-state index in [1.165, 1.54) is 17.4 Å². The van der Waals surface area contributed by atoms with Crippen molar-refractivity contribution in [3.8, 4) is 0 Å². The zero-order chi connectivity index (χ0) is 16.3. The Morgan fingerprint density at radius 1 is 0.913 bits per heavy atom. The van der Waals surface area contributed by atoms with Crippen molar-refractivity contribution < 1.29 is 8.42 Å². The van der Waals surface area contributed by atoms with E-state index in [9.17, 15) is 8.42 Å². The SMILES string of the molecule is CS(=O)(=O)c1cccc(C(=C2CCNCC2)c2ccccc2)c1. The predicted octanol–water partition coefficient (Wildman–Crippen LogP) is 3.28. The molecule has 1 heterocycles. The second-order valence-electron chi connectivity index (χ2n) is 5.89. The van der Waals surface area contributed by atoms with Crippen LogP contribution in [0.1, 0.15) is 24.0 Å². The Morgan fingerprint density at radius 3 is 2.22 bits per heavy atom. The number of rotatable bonds is 3. The molecule has 0 bridgehead atoms. The molecule has 2 aromatic carbocycles. The van der Waals surface area contributed by atoms with Gasteiger partial charge in [0.05, 0.1) is 4.90 Å². The molecule has 1 N–H and O–H groups in total. The van der Waals surface area contributed by atoms with Crippen molar-refractivity contribution >= 4 is 15.4 Å². The average Bonchev–Trinajstić information content (AvgIpc) is 2.57. The Hall–Kier alpha value is -1.91. The maximum absolute atomic E-state index is 11.9. The molecule has 2 aromatic rings. The lowest BCUT2D eigenvalue weighted by Crippen LogP contribution is -2.23. The number of piperidine rings is 1. The van der Waals surface area contributed by atoms with E-state index in [2.05, 4.69) is 17.4 Å². The van der Waals surface area contributed by atoms with Gasteiger partial charge in [-0.2, -0.15) is 0 Å². The van der Waals surface area contributed by atoms with Crippen molar-refractivity contribution in [1.29, 1.82) is 0 Å². The highest BCUT2D eigenvalue weighted by molar-refractivity contribution is 7.90. The van der Waals surface area contributed by atoms with Crippen LogP contribution in [0.25, 0.3) is 5.57 Å². The summed E-state index contributed by atoms with van der Waals surface area (Å²) in [4.78, 5) is 0.373. The van der Waals surface area contributed by atoms with E-state index in [0.29, 0.717) is 4.90 Å². The summed E-state index contributed by atoms with van der Waals surface area (Å²) in [6.07, 6.45) is 3.24. The van der Waals surface area contributed by atoms with Crippen LogP contribution < -0.4 is 5.32 Å². The normalized spacial score (nSPS) is 15.4. The van der Waals surface area contributed by atoms with Crippen molar-refractivity contribution in [2.75, 3.05) is 19.3 Å². The largest absolute Gasteiger partial charge is 0.316 e. The summed E-state index contributed by atoms with van der Waals surface area (Å²) in [7, 11) is -3.21. The summed E-state index contributed by atoms with van der Waals surface area (Å²) >= 11 is 0. The second-order valence-corrected chi connectivity index (χ2v) is 7.91. The van der Waals surface area contributed by atoms with Crippen LogP contribution in [0.15, 0.2) is 65.1 Å². The van der Waals surface area contributed by atoms with E-state index in [1.54, 1.807) is 12.1 Å². The minimum absolute atomic E-state index is 0.373. The lowest BCUT2D eigenvalue weighted by atomic mass is 9.89. The maximum atomic E-state index is 11.9. The third kappa shape index (κ3) is 3.71. The van der Waals surface area contributed by atoms with Gasteiger partial charge in [-0.15, -0.1) is 0 Å². The molecule has 1 aliphatic rings. The first kappa shape index (κ1) is 16.0. The molecule has 0 spiro atoms. The number of benzene rings is 2. The van der Waals surface area contributed by atoms with Crippen molar-refractivity contribution in [2.45, 2.75) is 17.7 Å². The zero-order valence-electron chi connectivity index (χ0n) is 13.2. The van der Waals surface area contributed by atoms with Gasteiger partial charge in [-0.1, -0.05) is 48.0 Å². The molecule has 0 atom stereocenters. The van der Waals surface area contributed by atoms with Crippen molar-refractivity contribution in [3.63, 3.8) is 0 Å². The van der Waals surface area contributed by atoms with Crippen molar-refractivity contribution in [2.24, 2.45) is 0 Å². The smallest absolute Gasteiger partial charge is 0.175 e. The van der Waals surface area contributed by atoms with Crippen LogP contribution in [0.3, 0.4) is 0 Å². The molecule has 4 heteroatoms. The first-order valence-electron chi connectivity index (χ1n) is 7.84. The third-order valence-electron chi connectivity index (χ3n) is 4.17. The lowest BCUT2D eigenvalue weighted by Gasteiger charge is -2.21. The molecular weight excluding hydrogens is 306 g/mol. The lowest BCUT2D eigenvalue weighted by molar-refractivity contribution is 0.601. The fraction of sp³-hybridized carbons (Fsp3) is 0.263. The number of nitrogens with one attached hydrogen (secondary N) is 1. The van der Waals surface area contributed by atoms with Crippen LogP contribution in [0.2, 0.25) is 0 Å². The average molecular weight is 327 g/mol. The number of sulfone groups is 1. The van der Waals surface area contributed by atoms with Gasteiger partial charge < -0.3 is 5.32 Å². The Kier molecular flexibility index (Phi) is 4.64. The summed E-state index contributed by atoms with van der Waals surface area (Å²) in [6.45, 7) is 1.94. The minimum atomic E-state index is -3.21. The van der Waals surface area contributed by atoms with E-state index >= 15 is 0 Å². The molecule has 1 fully saturated rings. The van der Waals surface area contributed by atoms with Gasteiger partial charge in [-0.3, -0.25) is 0 Å². The molecule has 0 radical (unpaired) electrons. The highest BCUT2D eigenvalue weighted by Crippen LogP contribution is 2.32. The van der Waals surface area contributed by atoms with E-state index < -0.39 is 9.84 Å². The quantitative estimate of drug-likeness (QED) is 0.941. The number of hydrogen-bond donors (Lipinski definition) is 1. The first-order valence-corrected chi connectivity index (χ1v) is 9.73. The van der Waals surface area contributed by atoms with E-state index in [-0.39, 0.29) is 0 Å². The van der Waals surface area contributed by atoms with Crippen LogP contribution >= 0.6 is 0 Å². The van der Waals surface area contributed by atoms with E-state index in [1.807, 2.05) is 30.3 Å². The molecule has 0 amide bonds. The summed E-state index contributed by atoms with van der Waals surface area (Å²) in [5.74, 6) is 0. The van der Waals surface area contributed by atoms with Gasteiger partial charge in [0.2, 0.25) is 0 Å². The molecule has 1 saturated heterocycles. The van der Waals surface area contributed by atoms with Crippen molar-refractivity contribution in [3.05, 3.63) is 71.3 Å². The van der Waals surface area contributed by atoms with E-state index in [0.717, 1.165) is 37.1 Å². The Morgan fingerprint density at radius 2 is 1.57 bits per heavy atom. The topological polar surface area (TPSA) is 46.2 Å². The molecule has 1 aliphatic heterocycles. The first-order chi connectivity index (χ1) is 11.1. The fourth-order valence-corrected chi connectivity index (χ4v) is 3.71. The molecule has 120 valence electrons. The fourth-order valence-electron chi connectivity index (χ4n) is 3.04. The van der Waals surface area contributed by atoms with Gasteiger partial charge in [0.25, 0.3) is 0 Å². The van der Waals surface area contributed by atoms with Crippen molar-refractivity contribution in [1.82, 2.24) is 5.32 Å². The summed E-state index contributed by atoms with van der Waals surface area (Å²) in [5, 5.41) is 3.38. The second kappa shape index (κ2) is 6.69. The number of hydrogen-bond acceptors (Lipinski definition) is 3. The molecule has 0 aromatic heterocycles. The van der Waals surface area contributed by atoms with Gasteiger partial charge in [-0.05, 0) is 54.8 Å². The van der Waals surface area contributed by atoms with Gasteiger partial charge >= 0.3 is 0 Å². The highest BCUT2D eigenvalue weighted by atomic mass is 32.2. The molecule has 3 rings (SSSR count). The summed E-state index contributed by atoms with van der Waals surface area (Å²) in [5.41, 5.74) is 4.70. The molecule has 0 unspecified atom stereocenters. The molecule has 3 nitrogen and oxygen atoms in total. The standard InChI is InChI=1S/C19H21NO2S/c1-23(21,22)18-9-5-8-17(14-18)19(15-6-3-2-4-7-15)16-10-12-20-13-11-16/h2-9,14,20H,10-13H2,1H3. The van der Waals surface area contributed by atoms with Gasteiger partial charge in [-0.25, -0.2) is 8.42 Å². The Labute approximate surface area is 138 Å². The zero-order valence-corrected chi connectivity index (χ0v) is 14.1. The molecule has 0 saturated carbocycles. The molecule has 23 heavy (non-hydrogen) atoms. The van der Waals surface area contributed by atoms with E-state index in [4.69, 9.17) is 0 Å². The van der Waals surface area contributed by atoms with Crippen LogP contribution in [0.5, 0.6) is 0 Å². The van der Waals surface area contributed by atoms with Gasteiger partial charge in [0.1, 0.15) is 0 Å². The summed E-state index contributed by atoms with van der Waals surface area (Å²) < 4.78 is 23.8. The van der Waals surface area contributed by atoms with Gasteiger partial charge in [0, 0.05) is 6.26 Å². The Balaban J connectivity index is 2.17. The van der Waals surface area contributed by atoms with Crippen LogP contribution in [-0.4, -0.2) is 27.8 Å². The minimum Gasteiger partial charge on any atom is -0.316 e. The van der Waals surface area contributed by atoms with Gasteiger partial charge in [0.15, 0.2) is 9.84 Å². The summed E-state index contributed by atoms with van der Waals surface area (Å²) in [6, 6.07) is 17.5. The van der Waals surface area contributed by atoms with Crippen LogP contribution in [0, 0.1) is 0 Å². The highest BCUT2D eigenvalue weighted by Gasteiger charge is 2.16. The van der Waals surface area contributed by atoms with Crippen LogP contribution in [-0.2, 0) is 9.84 Å². The molecular formula is C19H21NO2S. The maximum Gasteiger partial charge on any atom is 0.175 e. The Bertz CT molecular complexity index is 815. The predicted molar refractivity (Wildman–Crippen MR) is 94.1 cm³/mol. The third-order valence-corrected chi connectivity index (χ3v) is 5.28.